The highest BCUT2D eigenvalue weighted by atomic mass is 19.1. The molecule has 1 aromatic carbocycles. The van der Waals surface area contributed by atoms with Crippen LogP contribution in [-0.2, 0) is 11.2 Å². The molecule has 0 spiro atoms. The fourth-order valence-corrected chi connectivity index (χ4v) is 3.62. The highest BCUT2D eigenvalue weighted by Crippen LogP contribution is 2.34. The van der Waals surface area contributed by atoms with E-state index in [1.807, 2.05) is 0 Å². The van der Waals surface area contributed by atoms with Gasteiger partial charge < -0.3 is 10.2 Å². The van der Waals surface area contributed by atoms with Crippen LogP contribution in [-0.4, -0.2) is 36.0 Å². The normalized spacial score (nSPS) is 29.4. The number of hydrogen-bond donors (Lipinski definition) is 1. The molecule has 2 bridgehead atoms. The minimum Gasteiger partial charge on any atom is -0.353 e. The Labute approximate surface area is 119 Å². The summed E-state index contributed by atoms with van der Waals surface area (Å²) in [4.78, 5) is 14.5. The summed E-state index contributed by atoms with van der Waals surface area (Å²) in [5, 5.41) is 3.08. The van der Waals surface area contributed by atoms with E-state index in [-0.39, 0.29) is 24.2 Å². The van der Waals surface area contributed by atoms with E-state index in [0.717, 1.165) is 12.8 Å². The zero-order chi connectivity index (χ0) is 14.1. The molecule has 3 rings (SSSR count). The van der Waals surface area contributed by atoms with Gasteiger partial charge in [-0.2, -0.15) is 0 Å². The molecule has 0 radical (unpaired) electrons. The van der Waals surface area contributed by atoms with Crippen molar-refractivity contribution < 1.29 is 9.18 Å². The summed E-state index contributed by atoms with van der Waals surface area (Å²) in [6.45, 7) is 0. The van der Waals surface area contributed by atoms with Crippen molar-refractivity contribution in [3.8, 4) is 0 Å². The molecule has 2 saturated heterocycles. The van der Waals surface area contributed by atoms with Crippen molar-refractivity contribution in [2.75, 3.05) is 7.05 Å². The Hall–Kier alpha value is -1.42. The number of nitrogens with zero attached hydrogens (tertiary/aromatic N) is 1. The van der Waals surface area contributed by atoms with Crippen LogP contribution >= 0.6 is 0 Å². The number of nitrogens with one attached hydrogen (secondary N) is 1. The monoisotopic (exact) mass is 276 g/mol. The summed E-state index contributed by atoms with van der Waals surface area (Å²) in [5.41, 5.74) is 0.473. The van der Waals surface area contributed by atoms with Crippen molar-refractivity contribution >= 4 is 5.91 Å². The van der Waals surface area contributed by atoms with Crippen LogP contribution in [0, 0.1) is 5.82 Å². The van der Waals surface area contributed by atoms with Crippen molar-refractivity contribution in [1.29, 1.82) is 0 Å². The molecule has 20 heavy (non-hydrogen) atoms. The zero-order valence-electron chi connectivity index (χ0n) is 11.8. The average Bonchev–Trinajstić information content (AvgIpc) is 2.63. The van der Waals surface area contributed by atoms with E-state index in [0.29, 0.717) is 17.6 Å². The molecule has 2 heterocycles. The van der Waals surface area contributed by atoms with E-state index in [4.69, 9.17) is 0 Å². The Kier molecular flexibility index (Phi) is 3.74. The summed E-state index contributed by atoms with van der Waals surface area (Å²) in [7, 11) is 2.18. The van der Waals surface area contributed by atoms with Gasteiger partial charge in [-0.15, -0.1) is 0 Å². The van der Waals surface area contributed by atoms with Crippen molar-refractivity contribution in [1.82, 2.24) is 10.2 Å². The van der Waals surface area contributed by atoms with Gasteiger partial charge in [0.15, 0.2) is 0 Å². The fraction of sp³-hybridized carbons (Fsp3) is 0.562. The number of benzene rings is 1. The molecule has 4 heteroatoms. The smallest absolute Gasteiger partial charge is 0.224 e. The van der Waals surface area contributed by atoms with E-state index in [2.05, 4.69) is 17.3 Å². The van der Waals surface area contributed by atoms with E-state index in [9.17, 15) is 9.18 Å². The van der Waals surface area contributed by atoms with Gasteiger partial charge in [-0.1, -0.05) is 18.2 Å². The van der Waals surface area contributed by atoms with E-state index in [1.165, 1.54) is 18.9 Å². The number of carbonyl (C=O) groups is 1. The van der Waals surface area contributed by atoms with Gasteiger partial charge in [0.1, 0.15) is 5.82 Å². The zero-order valence-corrected chi connectivity index (χ0v) is 11.8. The molecule has 0 aromatic heterocycles. The van der Waals surface area contributed by atoms with Crippen LogP contribution < -0.4 is 5.32 Å². The first-order valence-corrected chi connectivity index (χ1v) is 7.38. The van der Waals surface area contributed by atoms with Crippen LogP contribution in [0.5, 0.6) is 0 Å². The summed E-state index contributed by atoms with van der Waals surface area (Å²) in [6, 6.07) is 7.95. The fourth-order valence-electron chi connectivity index (χ4n) is 3.62. The van der Waals surface area contributed by atoms with Crippen LogP contribution in [0.25, 0.3) is 0 Å². The Morgan fingerprint density at radius 2 is 1.95 bits per heavy atom. The molecular weight excluding hydrogens is 255 g/mol. The lowest BCUT2D eigenvalue weighted by Crippen LogP contribution is -2.49. The Bertz CT molecular complexity index is 491. The van der Waals surface area contributed by atoms with E-state index < -0.39 is 0 Å². The largest absolute Gasteiger partial charge is 0.353 e. The topological polar surface area (TPSA) is 32.3 Å². The van der Waals surface area contributed by atoms with Crippen LogP contribution in [0.2, 0.25) is 0 Å². The van der Waals surface area contributed by atoms with Gasteiger partial charge >= 0.3 is 0 Å². The minimum absolute atomic E-state index is 0.0657. The lowest BCUT2D eigenvalue weighted by Gasteiger charge is -2.36. The second-order valence-electron chi connectivity index (χ2n) is 6.05. The van der Waals surface area contributed by atoms with Gasteiger partial charge in [0.25, 0.3) is 0 Å². The lowest BCUT2D eigenvalue weighted by atomic mass is 9.97. The third-order valence-corrected chi connectivity index (χ3v) is 4.77. The average molecular weight is 276 g/mol. The highest BCUT2D eigenvalue weighted by molar-refractivity contribution is 5.78. The molecule has 0 saturated carbocycles. The number of amides is 1. The summed E-state index contributed by atoms with van der Waals surface area (Å²) in [5.74, 6) is -0.366. The standard InChI is InChI=1S/C16H21FN2O/c1-19-13-6-7-14(19)10-12(9-13)18-16(20)8-11-4-2-3-5-15(11)17/h2-5,12-14H,6-10H2,1H3,(H,18,20). The number of hydrogen-bond acceptors (Lipinski definition) is 2. The molecule has 2 atom stereocenters. The second-order valence-corrected chi connectivity index (χ2v) is 6.05. The van der Waals surface area contributed by atoms with E-state index >= 15 is 0 Å². The van der Waals surface area contributed by atoms with Crippen molar-refractivity contribution in [3.05, 3.63) is 35.6 Å². The number of carbonyl (C=O) groups excluding carboxylic acids is 1. The first kappa shape index (κ1) is 13.6. The van der Waals surface area contributed by atoms with Crippen molar-refractivity contribution in [2.45, 2.75) is 50.2 Å². The molecule has 1 N–H and O–H groups in total. The molecule has 2 fully saturated rings. The first-order chi connectivity index (χ1) is 9.63. The molecular formula is C16H21FN2O. The molecule has 1 aromatic rings. The first-order valence-electron chi connectivity index (χ1n) is 7.38. The quantitative estimate of drug-likeness (QED) is 0.917. The number of halogens is 1. The van der Waals surface area contributed by atoms with Crippen LogP contribution in [0.4, 0.5) is 4.39 Å². The van der Waals surface area contributed by atoms with Crippen LogP contribution in [0.15, 0.2) is 24.3 Å². The maximum atomic E-state index is 13.5. The molecule has 2 aliphatic heterocycles. The second kappa shape index (κ2) is 5.52. The molecule has 1 amide bonds. The van der Waals surface area contributed by atoms with Gasteiger partial charge in [0.05, 0.1) is 6.42 Å². The SMILES string of the molecule is CN1C2CCC1CC(NC(=O)Cc1ccccc1F)C2. The Morgan fingerprint density at radius 3 is 2.60 bits per heavy atom. The third-order valence-electron chi connectivity index (χ3n) is 4.77. The van der Waals surface area contributed by atoms with Gasteiger partial charge in [0.2, 0.25) is 5.91 Å². The lowest BCUT2D eigenvalue weighted by molar-refractivity contribution is -0.121. The Balaban J connectivity index is 1.56. The molecule has 0 aliphatic carbocycles. The highest BCUT2D eigenvalue weighted by Gasteiger charge is 2.38. The molecule has 2 aliphatic rings. The maximum Gasteiger partial charge on any atom is 0.224 e. The van der Waals surface area contributed by atoms with Gasteiger partial charge in [0, 0.05) is 18.1 Å². The predicted molar refractivity (Wildman–Crippen MR) is 75.8 cm³/mol. The number of piperidine rings is 1. The van der Waals surface area contributed by atoms with Crippen LogP contribution in [0.3, 0.4) is 0 Å². The molecule has 3 nitrogen and oxygen atoms in total. The van der Waals surface area contributed by atoms with Gasteiger partial charge in [-0.25, -0.2) is 4.39 Å². The third kappa shape index (κ3) is 2.70. The number of fused-ring (bicyclic) bond motifs is 2. The molecule has 108 valence electrons. The summed E-state index contributed by atoms with van der Waals surface area (Å²) < 4.78 is 13.5. The van der Waals surface area contributed by atoms with E-state index in [1.54, 1.807) is 18.2 Å². The van der Waals surface area contributed by atoms with Crippen LogP contribution in [0.1, 0.15) is 31.2 Å². The maximum absolute atomic E-state index is 13.5. The molecule has 2 unspecified atom stereocenters. The van der Waals surface area contributed by atoms with Gasteiger partial charge in [-0.3, -0.25) is 4.79 Å². The predicted octanol–water partition coefficient (Wildman–Crippen LogP) is 2.11. The number of rotatable bonds is 3. The van der Waals surface area contributed by atoms with Crippen molar-refractivity contribution in [2.24, 2.45) is 0 Å². The summed E-state index contributed by atoms with van der Waals surface area (Å²) in [6.07, 6.45) is 4.65. The minimum atomic E-state index is -0.300. The summed E-state index contributed by atoms with van der Waals surface area (Å²) >= 11 is 0. The van der Waals surface area contributed by atoms with Crippen molar-refractivity contribution in [3.63, 3.8) is 0 Å². The Morgan fingerprint density at radius 1 is 1.30 bits per heavy atom. The van der Waals surface area contributed by atoms with Gasteiger partial charge in [-0.05, 0) is 44.4 Å².